The van der Waals surface area contributed by atoms with Crippen molar-refractivity contribution in [1.82, 2.24) is 0 Å². The SMILES string of the molecule is Cc1cc2c3c(c1)N(c1cccc4c1oc1ccccc14)c1cc(N4c5cc(C)cc(C)c5C5(C)CCCCC45C)ccc1B3c1cc(-c3ccccc3)ccc1N2c1ccc2sc3ccccc3c2c1. The number of para-hydroxylation sites is 2. The van der Waals surface area contributed by atoms with Gasteiger partial charge in [0.1, 0.15) is 5.58 Å². The van der Waals surface area contributed by atoms with Crippen LogP contribution in [-0.2, 0) is 5.41 Å². The van der Waals surface area contributed by atoms with Crippen molar-refractivity contribution in [3.05, 3.63) is 198 Å². The zero-order chi connectivity index (χ0) is 47.5. The first-order chi connectivity index (χ1) is 34.7. The van der Waals surface area contributed by atoms with Gasteiger partial charge in [-0.15, -0.1) is 11.3 Å². The minimum atomic E-state index is -0.0995. The van der Waals surface area contributed by atoms with Crippen LogP contribution in [0.2, 0.25) is 0 Å². The summed E-state index contributed by atoms with van der Waals surface area (Å²) in [7, 11) is 0. The number of nitrogens with zero attached hydrogens (tertiary/aromatic N) is 3. The highest BCUT2D eigenvalue weighted by molar-refractivity contribution is 7.25. The van der Waals surface area contributed by atoms with Crippen LogP contribution in [0, 0.1) is 20.8 Å². The van der Waals surface area contributed by atoms with Crippen LogP contribution < -0.4 is 31.1 Å². The number of thiophene rings is 1. The van der Waals surface area contributed by atoms with E-state index in [9.17, 15) is 0 Å². The highest BCUT2D eigenvalue weighted by Crippen LogP contribution is 2.62. The largest absolute Gasteiger partial charge is 0.454 e. The number of furan rings is 1. The third kappa shape index (κ3) is 5.63. The van der Waals surface area contributed by atoms with Gasteiger partial charge >= 0.3 is 0 Å². The predicted octanol–water partition coefficient (Wildman–Crippen LogP) is 16.4. The number of hydrogen-bond donors (Lipinski definition) is 0. The average molecular weight is 934 g/mol. The molecule has 0 bridgehead atoms. The summed E-state index contributed by atoms with van der Waals surface area (Å²) in [5.41, 5.74) is 23.2. The summed E-state index contributed by atoms with van der Waals surface area (Å²) >= 11 is 1.87. The summed E-state index contributed by atoms with van der Waals surface area (Å²) in [5.74, 6) is 0. The van der Waals surface area contributed by atoms with Crippen LogP contribution in [-0.4, -0.2) is 12.3 Å². The number of anilines is 8. The molecule has 0 amide bonds. The maximum Gasteiger partial charge on any atom is 0.252 e. The summed E-state index contributed by atoms with van der Waals surface area (Å²) in [6.07, 6.45) is 4.81. The maximum absolute atomic E-state index is 7.02. The minimum Gasteiger partial charge on any atom is -0.454 e. The molecule has 3 aliphatic heterocycles. The van der Waals surface area contributed by atoms with Gasteiger partial charge in [-0.05, 0) is 163 Å². The monoisotopic (exact) mass is 933 g/mol. The van der Waals surface area contributed by atoms with Gasteiger partial charge in [-0.2, -0.15) is 0 Å². The van der Waals surface area contributed by atoms with Gasteiger partial charge in [0.25, 0.3) is 6.71 Å². The van der Waals surface area contributed by atoms with Crippen molar-refractivity contribution in [2.75, 3.05) is 14.7 Å². The van der Waals surface area contributed by atoms with Gasteiger partial charge in [0.15, 0.2) is 5.58 Å². The summed E-state index contributed by atoms with van der Waals surface area (Å²) in [4.78, 5) is 7.91. The number of benzene rings is 9. The Labute approximate surface area is 419 Å². The highest BCUT2D eigenvalue weighted by Gasteiger charge is 2.58. The summed E-state index contributed by atoms with van der Waals surface area (Å²) in [6.45, 7) is 12.0. The molecule has 1 aliphatic carbocycles. The first kappa shape index (κ1) is 41.3. The van der Waals surface area contributed by atoms with Gasteiger partial charge in [0.05, 0.1) is 11.2 Å². The lowest BCUT2D eigenvalue weighted by molar-refractivity contribution is 0.194. The molecule has 2 unspecified atom stereocenters. The van der Waals surface area contributed by atoms with Crippen LogP contribution >= 0.6 is 11.3 Å². The molecule has 4 aliphatic rings. The standard InChI is InChI=1S/C65H52BN3OS/c1-39-32-41(3)61-55(33-39)69(65(5)31-14-13-30-64(61,65)4)45-25-27-50-54(38-45)68(53-21-15-20-48-46-18-9-11-22-58(46)70-63(48)53)57-35-40(2)34-56-62(57)66(50)51-36-43(42-16-7-6-8-17-42)24-28-52(51)67(56)44-26-29-60-49(37-44)47-19-10-12-23-59(47)71-60/h6-12,15-29,32-38H,13-14,30-31H2,1-5H3. The van der Waals surface area contributed by atoms with Gasteiger partial charge in [-0.1, -0.05) is 123 Å². The van der Waals surface area contributed by atoms with Crippen LogP contribution in [0.4, 0.5) is 45.5 Å². The molecule has 0 radical (unpaired) electrons. The number of aryl methyl sites for hydroxylation is 3. The molecule has 0 spiro atoms. The van der Waals surface area contributed by atoms with Crippen LogP contribution in [0.1, 0.15) is 61.8 Å². The molecular weight excluding hydrogens is 882 g/mol. The van der Waals surface area contributed by atoms with E-state index < -0.39 is 0 Å². The third-order valence-electron chi connectivity index (χ3n) is 17.3. The van der Waals surface area contributed by atoms with Crippen LogP contribution in [0.15, 0.2) is 180 Å². The molecule has 15 rings (SSSR count). The zero-order valence-electron chi connectivity index (χ0n) is 40.8. The number of fused-ring (bicyclic) bond motifs is 13. The van der Waals surface area contributed by atoms with Gasteiger partial charge in [0.2, 0.25) is 0 Å². The Morgan fingerprint density at radius 2 is 1.21 bits per heavy atom. The number of hydrogen-bond acceptors (Lipinski definition) is 5. The highest BCUT2D eigenvalue weighted by atomic mass is 32.1. The zero-order valence-corrected chi connectivity index (χ0v) is 41.6. The minimum absolute atomic E-state index is 0.0182. The topological polar surface area (TPSA) is 22.9 Å². The van der Waals surface area contributed by atoms with E-state index in [2.05, 4.69) is 225 Å². The van der Waals surface area contributed by atoms with E-state index in [1.54, 1.807) is 0 Å². The second-order valence-corrected chi connectivity index (χ2v) is 22.4. The first-order valence-electron chi connectivity index (χ1n) is 25.5. The summed E-state index contributed by atoms with van der Waals surface area (Å²) < 4.78 is 9.64. The predicted molar refractivity (Wildman–Crippen MR) is 303 cm³/mol. The lowest BCUT2D eigenvalue weighted by Crippen LogP contribution is -2.61. The van der Waals surface area contributed by atoms with E-state index >= 15 is 0 Å². The van der Waals surface area contributed by atoms with E-state index in [0.717, 1.165) is 39.7 Å². The molecule has 0 N–H and O–H groups in total. The Morgan fingerprint density at radius 1 is 0.493 bits per heavy atom. The Morgan fingerprint density at radius 3 is 2.08 bits per heavy atom. The van der Waals surface area contributed by atoms with Crippen LogP contribution in [0.25, 0.3) is 53.2 Å². The third-order valence-corrected chi connectivity index (χ3v) is 18.5. The molecule has 6 heteroatoms. The molecule has 1 fully saturated rings. The van der Waals surface area contributed by atoms with Crippen molar-refractivity contribution in [3.63, 3.8) is 0 Å². The molecule has 0 saturated heterocycles. The first-order valence-corrected chi connectivity index (χ1v) is 26.3. The lowest BCUT2D eigenvalue weighted by Gasteiger charge is -2.51. The Balaban J connectivity index is 1.04. The molecule has 5 heterocycles. The second-order valence-electron chi connectivity index (χ2n) is 21.4. The van der Waals surface area contributed by atoms with Gasteiger partial charge in [-0.3, -0.25) is 0 Å². The molecular formula is C65H52BN3OS. The molecule has 9 aromatic carbocycles. The van der Waals surface area contributed by atoms with E-state index in [0.29, 0.717) is 0 Å². The second kappa shape index (κ2) is 14.8. The van der Waals surface area contributed by atoms with E-state index in [1.807, 2.05) is 11.3 Å². The fourth-order valence-electron chi connectivity index (χ4n) is 14.1. The van der Waals surface area contributed by atoms with E-state index in [4.69, 9.17) is 4.42 Å². The van der Waals surface area contributed by atoms with Crippen LogP contribution in [0.3, 0.4) is 0 Å². The molecule has 1 saturated carbocycles. The molecule has 4 nitrogen and oxygen atoms in total. The van der Waals surface area contributed by atoms with Crippen molar-refractivity contribution < 1.29 is 4.42 Å². The molecule has 2 atom stereocenters. The maximum atomic E-state index is 7.02. The molecule has 2 aromatic heterocycles. The van der Waals surface area contributed by atoms with Gasteiger partial charge in [0, 0.05) is 76.2 Å². The fraction of sp³-hybridized carbons (Fsp3) is 0.169. The quantitative estimate of drug-likeness (QED) is 0.164. The van der Waals surface area contributed by atoms with E-state index in [-0.39, 0.29) is 17.7 Å². The summed E-state index contributed by atoms with van der Waals surface area (Å²) in [6, 6.07) is 66.6. The Bertz CT molecular complexity index is 4080. The van der Waals surface area contributed by atoms with E-state index in [1.165, 1.54) is 123 Å². The summed E-state index contributed by atoms with van der Waals surface area (Å²) in [5, 5.41) is 4.86. The lowest BCUT2D eigenvalue weighted by atomic mass is 9.33. The molecule has 11 aromatic rings. The normalized spacial score (nSPS) is 18.8. The van der Waals surface area contributed by atoms with Crippen LogP contribution in [0.5, 0.6) is 0 Å². The van der Waals surface area contributed by atoms with Gasteiger partial charge < -0.3 is 19.1 Å². The number of rotatable bonds is 4. The molecule has 71 heavy (non-hydrogen) atoms. The van der Waals surface area contributed by atoms with Crippen molar-refractivity contribution >= 4 is 122 Å². The Kier molecular flexibility index (Phi) is 8.58. The van der Waals surface area contributed by atoms with Gasteiger partial charge in [-0.25, -0.2) is 0 Å². The average Bonchev–Trinajstić information content (AvgIpc) is 4.02. The smallest absolute Gasteiger partial charge is 0.252 e. The van der Waals surface area contributed by atoms with Crippen molar-refractivity contribution in [1.29, 1.82) is 0 Å². The fourth-order valence-corrected chi connectivity index (χ4v) is 15.2. The van der Waals surface area contributed by atoms with Crippen molar-refractivity contribution in [3.8, 4) is 11.1 Å². The van der Waals surface area contributed by atoms with Crippen molar-refractivity contribution in [2.45, 2.75) is 71.3 Å². The Hall–Kier alpha value is -7.54. The molecule has 342 valence electrons. The van der Waals surface area contributed by atoms with Crippen molar-refractivity contribution in [2.24, 2.45) is 0 Å².